The van der Waals surface area contributed by atoms with Crippen LogP contribution in [0.25, 0.3) is 0 Å². The van der Waals surface area contributed by atoms with Gasteiger partial charge in [-0.05, 0) is 37.1 Å². The molecule has 4 heteroatoms. The minimum Gasteiger partial charge on any atom is -0.356 e. The average molecular weight is 293 g/mol. The Bertz CT molecular complexity index is 445. The highest BCUT2D eigenvalue weighted by Gasteiger charge is 2.24. The molecule has 0 bridgehead atoms. The third kappa shape index (κ3) is 4.13. The molecule has 1 fully saturated rings. The Balaban J connectivity index is 2.08. The molecule has 0 aromatic carbocycles. The van der Waals surface area contributed by atoms with Crippen molar-refractivity contribution in [3.8, 4) is 0 Å². The van der Waals surface area contributed by atoms with Gasteiger partial charge in [-0.1, -0.05) is 20.8 Å². The van der Waals surface area contributed by atoms with Gasteiger partial charge in [0.1, 0.15) is 5.82 Å². The zero-order valence-electron chi connectivity index (χ0n) is 13.2. The van der Waals surface area contributed by atoms with E-state index in [0.29, 0.717) is 4.75 Å². The quantitative estimate of drug-likeness (QED) is 0.922. The summed E-state index contributed by atoms with van der Waals surface area (Å²) in [6.07, 6.45) is 3.24. The molecule has 1 aliphatic rings. The molecule has 0 amide bonds. The number of nitrogens with one attached hydrogen (secondary N) is 1. The number of aryl methyl sites for hydroxylation is 1. The summed E-state index contributed by atoms with van der Waals surface area (Å²) >= 11 is 2.08. The maximum absolute atomic E-state index is 4.72. The molecule has 0 aliphatic carbocycles. The van der Waals surface area contributed by atoms with E-state index < -0.39 is 0 Å². The van der Waals surface area contributed by atoms with Crippen LogP contribution in [0.5, 0.6) is 0 Å². The molecule has 0 unspecified atom stereocenters. The fourth-order valence-corrected chi connectivity index (χ4v) is 3.65. The van der Waals surface area contributed by atoms with Crippen molar-refractivity contribution in [2.75, 3.05) is 30.3 Å². The molecule has 112 valence electrons. The molecule has 3 nitrogen and oxygen atoms in total. The fourth-order valence-electron chi connectivity index (χ4n) is 2.55. The van der Waals surface area contributed by atoms with Gasteiger partial charge < -0.3 is 10.2 Å². The summed E-state index contributed by atoms with van der Waals surface area (Å²) in [5.41, 5.74) is 2.57. The van der Waals surface area contributed by atoms with Crippen LogP contribution < -0.4 is 10.2 Å². The van der Waals surface area contributed by atoms with E-state index in [-0.39, 0.29) is 0 Å². The number of thioether (sulfide) groups is 1. The van der Waals surface area contributed by atoms with Crippen LogP contribution in [-0.2, 0) is 6.54 Å². The molecule has 2 heterocycles. The molecule has 0 spiro atoms. The van der Waals surface area contributed by atoms with Gasteiger partial charge in [0.15, 0.2) is 0 Å². The SMILES string of the molecule is CCNCc1cnc(N2CCSC(C)(C)CC2)c(C)c1. The molecule has 2 rings (SSSR count). The van der Waals surface area contributed by atoms with Crippen molar-refractivity contribution in [2.45, 2.75) is 45.4 Å². The number of hydrogen-bond donors (Lipinski definition) is 1. The highest BCUT2D eigenvalue weighted by Crippen LogP contribution is 2.32. The average Bonchev–Trinajstić information content (AvgIpc) is 2.58. The second-order valence-electron chi connectivity index (χ2n) is 6.11. The number of pyridine rings is 1. The van der Waals surface area contributed by atoms with Crippen LogP contribution in [0.1, 0.15) is 38.3 Å². The number of nitrogens with zero attached hydrogens (tertiary/aromatic N) is 2. The van der Waals surface area contributed by atoms with Crippen molar-refractivity contribution >= 4 is 17.6 Å². The van der Waals surface area contributed by atoms with E-state index in [1.807, 2.05) is 6.20 Å². The van der Waals surface area contributed by atoms with E-state index in [9.17, 15) is 0 Å². The van der Waals surface area contributed by atoms with Crippen molar-refractivity contribution in [1.29, 1.82) is 0 Å². The summed E-state index contributed by atoms with van der Waals surface area (Å²) in [6.45, 7) is 13.1. The van der Waals surface area contributed by atoms with Crippen LogP contribution in [0, 0.1) is 6.92 Å². The molecule has 1 aromatic heterocycles. The van der Waals surface area contributed by atoms with Gasteiger partial charge in [-0.15, -0.1) is 0 Å². The fraction of sp³-hybridized carbons (Fsp3) is 0.688. The Morgan fingerprint density at radius 1 is 1.40 bits per heavy atom. The third-order valence-corrected chi connectivity index (χ3v) is 5.20. The lowest BCUT2D eigenvalue weighted by Crippen LogP contribution is -2.28. The van der Waals surface area contributed by atoms with E-state index in [4.69, 9.17) is 4.98 Å². The molecule has 0 atom stereocenters. The summed E-state index contributed by atoms with van der Waals surface area (Å²) in [4.78, 5) is 7.17. The van der Waals surface area contributed by atoms with Crippen LogP contribution in [0.3, 0.4) is 0 Å². The first-order valence-electron chi connectivity index (χ1n) is 7.57. The molecule has 1 aliphatic heterocycles. The van der Waals surface area contributed by atoms with Gasteiger partial charge in [0.25, 0.3) is 0 Å². The number of rotatable bonds is 4. The first-order valence-corrected chi connectivity index (χ1v) is 8.55. The van der Waals surface area contributed by atoms with Gasteiger partial charge in [-0.2, -0.15) is 11.8 Å². The molecule has 1 N–H and O–H groups in total. The van der Waals surface area contributed by atoms with Crippen molar-refractivity contribution < 1.29 is 0 Å². The van der Waals surface area contributed by atoms with Crippen LogP contribution >= 0.6 is 11.8 Å². The Hall–Kier alpha value is -0.740. The molecule has 0 radical (unpaired) electrons. The van der Waals surface area contributed by atoms with Crippen LogP contribution in [0.4, 0.5) is 5.82 Å². The van der Waals surface area contributed by atoms with Gasteiger partial charge in [-0.25, -0.2) is 4.98 Å². The van der Waals surface area contributed by atoms with Gasteiger partial charge >= 0.3 is 0 Å². The van der Waals surface area contributed by atoms with Gasteiger partial charge in [0, 0.05) is 36.3 Å². The van der Waals surface area contributed by atoms with Crippen molar-refractivity contribution in [3.05, 3.63) is 23.4 Å². The highest BCUT2D eigenvalue weighted by molar-refractivity contribution is 8.00. The normalized spacial score (nSPS) is 18.9. The second-order valence-corrected chi connectivity index (χ2v) is 7.91. The number of anilines is 1. The van der Waals surface area contributed by atoms with Crippen molar-refractivity contribution in [2.24, 2.45) is 0 Å². The van der Waals surface area contributed by atoms with E-state index in [1.54, 1.807) is 0 Å². The monoisotopic (exact) mass is 293 g/mol. The lowest BCUT2D eigenvalue weighted by Gasteiger charge is -2.25. The zero-order chi connectivity index (χ0) is 14.6. The summed E-state index contributed by atoms with van der Waals surface area (Å²) in [6, 6.07) is 2.27. The second kappa shape index (κ2) is 6.81. The third-order valence-electron chi connectivity index (χ3n) is 3.82. The van der Waals surface area contributed by atoms with Crippen molar-refractivity contribution in [3.63, 3.8) is 0 Å². The standard InChI is InChI=1S/C16H27N3S/c1-5-17-11-14-10-13(2)15(18-12-14)19-7-6-16(3,4)20-9-8-19/h10,12,17H,5-9,11H2,1-4H3. The highest BCUT2D eigenvalue weighted by atomic mass is 32.2. The number of aromatic nitrogens is 1. The van der Waals surface area contributed by atoms with E-state index in [1.165, 1.54) is 29.1 Å². The molecule has 0 saturated carbocycles. The maximum atomic E-state index is 4.72. The molecular formula is C16H27N3S. The van der Waals surface area contributed by atoms with E-state index >= 15 is 0 Å². The molecule has 1 saturated heterocycles. The Labute approximate surface area is 127 Å². The van der Waals surface area contributed by atoms with Gasteiger partial charge in [-0.3, -0.25) is 0 Å². The Morgan fingerprint density at radius 3 is 2.90 bits per heavy atom. The van der Waals surface area contributed by atoms with E-state index in [0.717, 1.165) is 26.2 Å². The minimum absolute atomic E-state index is 0.396. The number of hydrogen-bond acceptors (Lipinski definition) is 4. The minimum atomic E-state index is 0.396. The maximum Gasteiger partial charge on any atom is 0.131 e. The molecular weight excluding hydrogens is 266 g/mol. The predicted octanol–water partition coefficient (Wildman–Crippen LogP) is 3.22. The molecule has 20 heavy (non-hydrogen) atoms. The predicted molar refractivity (Wildman–Crippen MR) is 89.7 cm³/mol. The summed E-state index contributed by atoms with van der Waals surface area (Å²) < 4.78 is 0.396. The Kier molecular flexibility index (Phi) is 5.33. The summed E-state index contributed by atoms with van der Waals surface area (Å²) in [5, 5.41) is 3.35. The lowest BCUT2D eigenvalue weighted by atomic mass is 10.1. The smallest absolute Gasteiger partial charge is 0.131 e. The molecule has 1 aromatic rings. The summed E-state index contributed by atoms with van der Waals surface area (Å²) in [7, 11) is 0. The van der Waals surface area contributed by atoms with Crippen LogP contribution in [0.15, 0.2) is 12.3 Å². The van der Waals surface area contributed by atoms with E-state index in [2.05, 4.69) is 55.7 Å². The lowest BCUT2D eigenvalue weighted by molar-refractivity contribution is 0.634. The van der Waals surface area contributed by atoms with Crippen LogP contribution in [-0.4, -0.2) is 35.1 Å². The van der Waals surface area contributed by atoms with Crippen molar-refractivity contribution in [1.82, 2.24) is 10.3 Å². The Morgan fingerprint density at radius 2 is 2.20 bits per heavy atom. The van der Waals surface area contributed by atoms with Gasteiger partial charge in [0.2, 0.25) is 0 Å². The van der Waals surface area contributed by atoms with Gasteiger partial charge in [0.05, 0.1) is 0 Å². The first kappa shape index (κ1) is 15.6. The topological polar surface area (TPSA) is 28.2 Å². The zero-order valence-corrected chi connectivity index (χ0v) is 14.0. The first-order chi connectivity index (χ1) is 9.52. The summed E-state index contributed by atoms with van der Waals surface area (Å²) in [5.74, 6) is 2.36. The largest absolute Gasteiger partial charge is 0.356 e. The van der Waals surface area contributed by atoms with Crippen LogP contribution in [0.2, 0.25) is 0 Å².